The number of hydrogen-bond donors (Lipinski definition) is 2. The van der Waals surface area contributed by atoms with Gasteiger partial charge in [-0.25, -0.2) is 0 Å². The molecule has 0 aliphatic carbocycles. The summed E-state index contributed by atoms with van der Waals surface area (Å²) in [5.74, 6) is -0.0532. The number of nitrogens with one attached hydrogen (secondary N) is 1. The maximum Gasteiger partial charge on any atom is 0.251 e. The second-order valence-electron chi connectivity index (χ2n) is 6.82. The van der Waals surface area contributed by atoms with Crippen molar-refractivity contribution in [2.24, 2.45) is 0 Å². The lowest BCUT2D eigenvalue weighted by Gasteiger charge is -2.17. The quantitative estimate of drug-likeness (QED) is 0.839. The highest BCUT2D eigenvalue weighted by atomic mass is 16.3. The predicted molar refractivity (Wildman–Crippen MR) is 89.2 cm³/mol. The van der Waals surface area contributed by atoms with E-state index >= 15 is 0 Å². The molecule has 1 aromatic carbocycles. The molecule has 2 rings (SSSR count). The van der Waals surface area contributed by atoms with Gasteiger partial charge in [-0.15, -0.1) is 0 Å². The molecule has 1 aliphatic rings. The first-order valence-corrected chi connectivity index (χ1v) is 8.18. The van der Waals surface area contributed by atoms with E-state index in [1.54, 1.807) is 24.8 Å². The Kier molecular flexibility index (Phi) is 5.42. The SMILES string of the molecule is CCN1C[C@@H](NC(=O)c2cccc(CCC(C)(C)O)c2)CC1=O. The Morgan fingerprint density at radius 1 is 1.43 bits per heavy atom. The Bertz CT molecular complexity index is 578. The van der Waals surface area contributed by atoms with Crippen molar-refractivity contribution in [2.45, 2.75) is 51.7 Å². The minimum Gasteiger partial charge on any atom is -0.390 e. The van der Waals surface area contributed by atoms with Crippen LogP contribution in [0, 0.1) is 0 Å². The van der Waals surface area contributed by atoms with E-state index in [9.17, 15) is 14.7 Å². The van der Waals surface area contributed by atoms with Gasteiger partial charge in [-0.05, 0) is 51.3 Å². The fourth-order valence-electron chi connectivity index (χ4n) is 2.76. The highest BCUT2D eigenvalue weighted by Gasteiger charge is 2.29. The Morgan fingerprint density at radius 2 is 2.17 bits per heavy atom. The van der Waals surface area contributed by atoms with Crippen LogP contribution in [-0.4, -0.2) is 46.6 Å². The molecular weight excluding hydrogens is 292 g/mol. The standard InChI is InChI=1S/C18H26N2O3/c1-4-20-12-15(11-16(20)21)19-17(22)14-7-5-6-13(10-14)8-9-18(2,3)23/h5-7,10,15,23H,4,8-9,11-12H2,1-3H3,(H,19,22)/t15-/m0/s1. The van der Waals surface area contributed by atoms with Crippen LogP contribution in [0.15, 0.2) is 24.3 Å². The number of aliphatic hydroxyl groups is 1. The number of hydrogen-bond acceptors (Lipinski definition) is 3. The zero-order valence-electron chi connectivity index (χ0n) is 14.1. The van der Waals surface area contributed by atoms with Gasteiger partial charge >= 0.3 is 0 Å². The highest BCUT2D eigenvalue weighted by Crippen LogP contribution is 2.15. The van der Waals surface area contributed by atoms with Gasteiger partial charge in [-0.3, -0.25) is 9.59 Å². The van der Waals surface area contributed by atoms with Crippen LogP contribution in [0.1, 0.15) is 49.5 Å². The monoisotopic (exact) mass is 318 g/mol. The molecule has 2 amide bonds. The molecule has 126 valence electrons. The fraction of sp³-hybridized carbons (Fsp3) is 0.556. The van der Waals surface area contributed by atoms with Crippen molar-refractivity contribution in [1.29, 1.82) is 0 Å². The second-order valence-corrected chi connectivity index (χ2v) is 6.82. The maximum atomic E-state index is 12.4. The molecular formula is C18H26N2O3. The summed E-state index contributed by atoms with van der Waals surface area (Å²) in [6.07, 6.45) is 1.73. The van der Waals surface area contributed by atoms with Gasteiger partial charge in [-0.1, -0.05) is 12.1 Å². The lowest BCUT2D eigenvalue weighted by molar-refractivity contribution is -0.127. The van der Waals surface area contributed by atoms with Gasteiger partial charge in [0.2, 0.25) is 5.91 Å². The fourth-order valence-corrected chi connectivity index (χ4v) is 2.76. The smallest absolute Gasteiger partial charge is 0.251 e. The molecule has 1 atom stereocenters. The lowest BCUT2D eigenvalue weighted by atomic mass is 9.98. The number of rotatable bonds is 6. The number of likely N-dealkylation sites (tertiary alicyclic amines) is 1. The van der Waals surface area contributed by atoms with Gasteiger partial charge in [0.05, 0.1) is 11.6 Å². The molecule has 1 heterocycles. The van der Waals surface area contributed by atoms with E-state index in [-0.39, 0.29) is 17.9 Å². The van der Waals surface area contributed by atoms with Crippen LogP contribution >= 0.6 is 0 Å². The minimum atomic E-state index is -0.716. The van der Waals surface area contributed by atoms with Crippen molar-refractivity contribution in [1.82, 2.24) is 10.2 Å². The Hall–Kier alpha value is -1.88. The van der Waals surface area contributed by atoms with Gasteiger partial charge in [0.1, 0.15) is 0 Å². The summed E-state index contributed by atoms with van der Waals surface area (Å²) in [5, 5.41) is 12.7. The zero-order chi connectivity index (χ0) is 17.0. The number of nitrogens with zero attached hydrogens (tertiary/aromatic N) is 1. The van der Waals surface area contributed by atoms with E-state index in [4.69, 9.17) is 0 Å². The van der Waals surface area contributed by atoms with E-state index in [0.29, 0.717) is 31.5 Å². The second kappa shape index (κ2) is 7.13. The third kappa shape index (κ3) is 5.06. The molecule has 0 aromatic heterocycles. The van der Waals surface area contributed by atoms with E-state index < -0.39 is 5.60 Å². The molecule has 1 saturated heterocycles. The third-order valence-electron chi connectivity index (χ3n) is 4.15. The molecule has 0 saturated carbocycles. The van der Waals surface area contributed by atoms with E-state index in [0.717, 1.165) is 12.0 Å². The lowest BCUT2D eigenvalue weighted by Crippen LogP contribution is -2.37. The summed E-state index contributed by atoms with van der Waals surface area (Å²) >= 11 is 0. The van der Waals surface area contributed by atoms with Crippen molar-refractivity contribution in [2.75, 3.05) is 13.1 Å². The zero-order valence-corrected chi connectivity index (χ0v) is 14.1. The average molecular weight is 318 g/mol. The van der Waals surface area contributed by atoms with Gasteiger partial charge in [0, 0.05) is 25.1 Å². The van der Waals surface area contributed by atoms with Gasteiger partial charge in [0.25, 0.3) is 5.91 Å². The van der Waals surface area contributed by atoms with Crippen LogP contribution in [0.3, 0.4) is 0 Å². The first kappa shape index (κ1) is 17.5. The predicted octanol–water partition coefficient (Wildman–Crippen LogP) is 1.74. The Morgan fingerprint density at radius 3 is 2.78 bits per heavy atom. The van der Waals surface area contributed by atoms with Crippen LogP contribution in [0.2, 0.25) is 0 Å². The molecule has 5 nitrogen and oxygen atoms in total. The van der Waals surface area contributed by atoms with Crippen molar-refractivity contribution in [3.8, 4) is 0 Å². The van der Waals surface area contributed by atoms with Crippen LogP contribution in [0.5, 0.6) is 0 Å². The largest absolute Gasteiger partial charge is 0.390 e. The summed E-state index contributed by atoms with van der Waals surface area (Å²) in [5.41, 5.74) is 0.907. The summed E-state index contributed by atoms with van der Waals surface area (Å²) in [4.78, 5) is 25.8. The van der Waals surface area contributed by atoms with Crippen LogP contribution in [0.25, 0.3) is 0 Å². The summed E-state index contributed by atoms with van der Waals surface area (Å²) in [6.45, 7) is 6.76. The topological polar surface area (TPSA) is 69.6 Å². The van der Waals surface area contributed by atoms with Crippen molar-refractivity contribution in [3.05, 3.63) is 35.4 Å². The van der Waals surface area contributed by atoms with Crippen LogP contribution in [-0.2, 0) is 11.2 Å². The molecule has 1 aromatic rings. The number of carbonyl (C=O) groups excluding carboxylic acids is 2. The molecule has 1 fully saturated rings. The third-order valence-corrected chi connectivity index (χ3v) is 4.15. The summed E-state index contributed by atoms with van der Waals surface area (Å²) < 4.78 is 0. The number of amides is 2. The number of aryl methyl sites for hydroxylation is 1. The van der Waals surface area contributed by atoms with Crippen LogP contribution < -0.4 is 5.32 Å². The first-order valence-electron chi connectivity index (χ1n) is 8.18. The van der Waals surface area contributed by atoms with Crippen molar-refractivity contribution in [3.63, 3.8) is 0 Å². The number of likely N-dealkylation sites (N-methyl/N-ethyl adjacent to an activating group) is 1. The number of benzene rings is 1. The summed E-state index contributed by atoms with van der Waals surface area (Å²) in [6, 6.07) is 7.33. The number of carbonyl (C=O) groups is 2. The molecule has 5 heteroatoms. The Labute approximate surface area is 137 Å². The highest BCUT2D eigenvalue weighted by molar-refractivity contribution is 5.95. The molecule has 1 aliphatic heterocycles. The van der Waals surface area contributed by atoms with Gasteiger partial charge in [0.15, 0.2) is 0 Å². The molecule has 0 unspecified atom stereocenters. The van der Waals surface area contributed by atoms with Crippen molar-refractivity contribution >= 4 is 11.8 Å². The van der Waals surface area contributed by atoms with E-state index in [1.165, 1.54) is 0 Å². The first-order chi connectivity index (χ1) is 10.8. The van der Waals surface area contributed by atoms with E-state index in [1.807, 2.05) is 25.1 Å². The Balaban J connectivity index is 1.96. The molecule has 0 bridgehead atoms. The van der Waals surface area contributed by atoms with E-state index in [2.05, 4.69) is 5.32 Å². The molecule has 0 spiro atoms. The summed E-state index contributed by atoms with van der Waals surface area (Å²) in [7, 11) is 0. The van der Waals surface area contributed by atoms with Gasteiger partial charge < -0.3 is 15.3 Å². The molecule has 23 heavy (non-hydrogen) atoms. The normalized spacial score (nSPS) is 18.3. The average Bonchev–Trinajstić information content (AvgIpc) is 2.84. The van der Waals surface area contributed by atoms with Crippen LogP contribution in [0.4, 0.5) is 0 Å². The minimum absolute atomic E-state index is 0.0942. The maximum absolute atomic E-state index is 12.4. The van der Waals surface area contributed by atoms with Crippen molar-refractivity contribution < 1.29 is 14.7 Å². The van der Waals surface area contributed by atoms with Gasteiger partial charge in [-0.2, -0.15) is 0 Å². The molecule has 2 N–H and O–H groups in total. The molecule has 0 radical (unpaired) electrons.